The maximum absolute atomic E-state index is 13.9. The molecular formula is C24H27F5N8. The van der Waals surface area contributed by atoms with Gasteiger partial charge in [-0.05, 0) is 50.3 Å². The number of alkyl halides is 5. The van der Waals surface area contributed by atoms with E-state index < -0.39 is 23.5 Å². The summed E-state index contributed by atoms with van der Waals surface area (Å²) >= 11 is 0. The molecule has 6 rings (SSSR count). The molecule has 198 valence electrons. The van der Waals surface area contributed by atoms with Crippen molar-refractivity contribution in [1.82, 2.24) is 34.8 Å². The second-order valence-corrected chi connectivity index (χ2v) is 10.6. The Morgan fingerprint density at radius 2 is 1.81 bits per heavy atom. The number of H-pyrrole nitrogens is 1. The van der Waals surface area contributed by atoms with Crippen LogP contribution in [0.4, 0.5) is 27.8 Å². The first-order valence-corrected chi connectivity index (χ1v) is 12.4. The Morgan fingerprint density at radius 1 is 1.05 bits per heavy atom. The normalized spacial score (nSPS) is 25.1. The molecule has 8 nitrogen and oxygen atoms in total. The average molecular weight is 523 g/mol. The summed E-state index contributed by atoms with van der Waals surface area (Å²) < 4.78 is 69.8. The van der Waals surface area contributed by atoms with Gasteiger partial charge >= 0.3 is 6.18 Å². The number of likely N-dealkylation sites (tertiary alicyclic amines) is 1. The van der Waals surface area contributed by atoms with E-state index in [2.05, 4.69) is 30.2 Å². The van der Waals surface area contributed by atoms with Crippen LogP contribution in [0.3, 0.4) is 0 Å². The molecule has 13 heteroatoms. The van der Waals surface area contributed by atoms with Crippen molar-refractivity contribution in [3.63, 3.8) is 0 Å². The lowest BCUT2D eigenvalue weighted by atomic mass is 9.80. The topological polar surface area (TPSA) is 102 Å². The van der Waals surface area contributed by atoms with E-state index in [1.807, 2.05) is 10.7 Å². The van der Waals surface area contributed by atoms with Crippen LogP contribution >= 0.6 is 0 Å². The lowest BCUT2D eigenvalue weighted by molar-refractivity contribution is -0.137. The summed E-state index contributed by atoms with van der Waals surface area (Å²) in [5, 5.41) is 11.6. The molecule has 0 bridgehead atoms. The van der Waals surface area contributed by atoms with Gasteiger partial charge < -0.3 is 5.73 Å². The van der Waals surface area contributed by atoms with Crippen LogP contribution in [0.5, 0.6) is 0 Å². The van der Waals surface area contributed by atoms with Gasteiger partial charge in [0.25, 0.3) is 0 Å². The van der Waals surface area contributed by atoms with E-state index in [1.165, 1.54) is 12.5 Å². The number of halogens is 5. The molecule has 2 fully saturated rings. The number of fused-ring (bicyclic) bond motifs is 2. The first-order chi connectivity index (χ1) is 17.5. The van der Waals surface area contributed by atoms with Gasteiger partial charge in [0.1, 0.15) is 18.0 Å². The number of hydrogen-bond donors (Lipinski definition) is 2. The molecule has 3 aromatic rings. The summed E-state index contributed by atoms with van der Waals surface area (Å²) in [6.07, 6.45) is 0.394. The summed E-state index contributed by atoms with van der Waals surface area (Å²) in [6, 6.07) is 2.70. The van der Waals surface area contributed by atoms with Gasteiger partial charge in [-0.25, -0.2) is 18.7 Å². The van der Waals surface area contributed by atoms with Gasteiger partial charge in [0.05, 0.1) is 17.3 Å². The van der Waals surface area contributed by atoms with Crippen molar-refractivity contribution in [2.24, 2.45) is 5.92 Å². The summed E-state index contributed by atoms with van der Waals surface area (Å²) in [4.78, 5) is 10.4. The quantitative estimate of drug-likeness (QED) is 0.487. The first-order valence-electron chi connectivity index (χ1n) is 12.4. The highest BCUT2D eigenvalue weighted by Gasteiger charge is 2.50. The highest BCUT2D eigenvalue weighted by atomic mass is 19.4. The third-order valence-electron chi connectivity index (χ3n) is 8.34. The minimum atomic E-state index is -4.61. The molecule has 1 unspecified atom stereocenters. The predicted molar refractivity (Wildman–Crippen MR) is 123 cm³/mol. The molecule has 1 spiro atoms. The van der Waals surface area contributed by atoms with Crippen LogP contribution in [-0.4, -0.2) is 53.9 Å². The number of hydrogen-bond acceptors (Lipinski definition) is 6. The highest BCUT2D eigenvalue weighted by Crippen LogP contribution is 2.49. The smallest absolute Gasteiger partial charge is 0.383 e. The fourth-order valence-corrected chi connectivity index (χ4v) is 6.43. The Labute approximate surface area is 209 Å². The van der Waals surface area contributed by atoms with E-state index in [9.17, 15) is 22.0 Å². The molecule has 2 atom stereocenters. The number of nitrogens with one attached hydrogen (secondary N) is 1. The summed E-state index contributed by atoms with van der Waals surface area (Å²) in [5.41, 5.74) is 5.92. The largest absolute Gasteiger partial charge is 0.419 e. The molecule has 1 saturated heterocycles. The second kappa shape index (κ2) is 8.47. The van der Waals surface area contributed by atoms with Crippen LogP contribution in [0.15, 0.2) is 24.7 Å². The number of aromatic nitrogens is 6. The van der Waals surface area contributed by atoms with E-state index in [0.717, 1.165) is 31.1 Å². The molecule has 1 saturated carbocycles. The number of nitrogens with zero attached hydrogens (tertiary/aromatic N) is 6. The van der Waals surface area contributed by atoms with Crippen molar-refractivity contribution in [2.75, 3.05) is 18.8 Å². The summed E-state index contributed by atoms with van der Waals surface area (Å²) in [7, 11) is 0. The second-order valence-electron chi connectivity index (χ2n) is 10.6. The van der Waals surface area contributed by atoms with Gasteiger partial charge in [0.15, 0.2) is 0 Å². The standard InChI is InChI=1S/C24H27F5N8/c25-23(26)3-1-14(2-4-23)19(21-32-13-33-34-21)36-7-5-22(12-36)6-8-37-18(22)10-17(35-37)15-9-16(24(27,28)29)20(30)31-11-15/h9-11,13-14,19H,1-8,12H2,(H2,30,31)(H,32,33,34)/t19?,22-/m1/s1. The Morgan fingerprint density at radius 3 is 2.51 bits per heavy atom. The number of nitrogen functional groups attached to an aromatic ring is 1. The van der Waals surface area contributed by atoms with Gasteiger partial charge in [-0.1, -0.05) is 0 Å². The first kappa shape index (κ1) is 24.3. The molecule has 1 aliphatic carbocycles. The number of pyridine rings is 1. The van der Waals surface area contributed by atoms with Crippen LogP contribution < -0.4 is 5.73 Å². The molecular weight excluding hydrogens is 495 g/mol. The van der Waals surface area contributed by atoms with Crippen LogP contribution in [-0.2, 0) is 18.1 Å². The lowest BCUT2D eigenvalue weighted by Gasteiger charge is -2.38. The molecule has 2 aliphatic heterocycles. The maximum Gasteiger partial charge on any atom is 0.419 e. The van der Waals surface area contributed by atoms with Crippen LogP contribution in [0, 0.1) is 5.92 Å². The number of aryl methyl sites for hydroxylation is 1. The van der Waals surface area contributed by atoms with Crippen molar-refractivity contribution in [1.29, 1.82) is 0 Å². The van der Waals surface area contributed by atoms with Gasteiger partial charge in [0.2, 0.25) is 5.92 Å². The molecule has 3 aliphatic rings. The van der Waals surface area contributed by atoms with Crippen LogP contribution in [0.2, 0.25) is 0 Å². The van der Waals surface area contributed by atoms with E-state index in [0.29, 0.717) is 37.4 Å². The summed E-state index contributed by atoms with van der Waals surface area (Å²) in [6.45, 7) is 2.09. The highest BCUT2D eigenvalue weighted by molar-refractivity contribution is 5.63. The van der Waals surface area contributed by atoms with Gasteiger partial charge in [-0.2, -0.15) is 23.4 Å². The molecule has 3 N–H and O–H groups in total. The van der Waals surface area contributed by atoms with Gasteiger partial charge in [0, 0.05) is 48.8 Å². The van der Waals surface area contributed by atoms with E-state index >= 15 is 0 Å². The fourth-order valence-electron chi connectivity index (χ4n) is 6.43. The lowest BCUT2D eigenvalue weighted by Crippen LogP contribution is -2.38. The predicted octanol–water partition coefficient (Wildman–Crippen LogP) is 4.58. The number of anilines is 1. The van der Waals surface area contributed by atoms with Crippen molar-refractivity contribution in [3.8, 4) is 11.3 Å². The van der Waals surface area contributed by atoms with Crippen molar-refractivity contribution < 1.29 is 22.0 Å². The Bertz CT molecular complexity index is 1280. The molecule has 3 aromatic heterocycles. The van der Waals surface area contributed by atoms with Crippen LogP contribution in [0.25, 0.3) is 11.3 Å². The number of nitrogens with two attached hydrogens (primary N) is 1. The molecule has 0 radical (unpaired) electrons. The van der Waals surface area contributed by atoms with Crippen LogP contribution in [0.1, 0.15) is 61.6 Å². The fraction of sp³-hybridized carbons (Fsp3) is 0.583. The Balaban J connectivity index is 1.28. The molecule has 5 heterocycles. The SMILES string of the molecule is Nc1ncc(-c2cc3n(n2)CC[C@@]32CCN(C(c3ncn[nH]3)C3CCC(F)(F)CC3)C2)cc1C(F)(F)F. The zero-order chi connectivity index (χ0) is 26.0. The van der Waals surface area contributed by atoms with E-state index in [1.54, 1.807) is 0 Å². The summed E-state index contributed by atoms with van der Waals surface area (Å²) in [5.74, 6) is -2.46. The Hall–Kier alpha value is -3.09. The van der Waals surface area contributed by atoms with E-state index in [-0.39, 0.29) is 35.8 Å². The minimum Gasteiger partial charge on any atom is -0.383 e. The van der Waals surface area contributed by atoms with E-state index in [4.69, 9.17) is 5.73 Å². The monoisotopic (exact) mass is 522 g/mol. The number of aromatic amines is 1. The molecule has 0 aromatic carbocycles. The maximum atomic E-state index is 13.9. The average Bonchev–Trinajstić information content (AvgIpc) is 3.63. The molecule has 37 heavy (non-hydrogen) atoms. The third-order valence-corrected chi connectivity index (χ3v) is 8.34. The zero-order valence-corrected chi connectivity index (χ0v) is 20.0. The van der Waals surface area contributed by atoms with Crippen molar-refractivity contribution in [2.45, 2.75) is 68.6 Å². The van der Waals surface area contributed by atoms with Gasteiger partial charge in [-0.3, -0.25) is 14.7 Å². The van der Waals surface area contributed by atoms with Crippen molar-refractivity contribution in [3.05, 3.63) is 41.7 Å². The Kier molecular flexibility index (Phi) is 5.55. The number of rotatable bonds is 4. The molecule has 0 amide bonds. The zero-order valence-electron chi connectivity index (χ0n) is 20.0. The minimum absolute atomic E-state index is 0.0336. The third kappa shape index (κ3) is 4.26. The van der Waals surface area contributed by atoms with Gasteiger partial charge in [-0.15, -0.1) is 0 Å². The van der Waals surface area contributed by atoms with Crippen molar-refractivity contribution >= 4 is 5.82 Å².